The summed E-state index contributed by atoms with van der Waals surface area (Å²) in [5.74, 6) is 2.75. The van der Waals surface area contributed by atoms with Crippen molar-refractivity contribution in [1.82, 2.24) is 15.5 Å². The molecule has 3 amide bonds. The molecule has 1 aliphatic heterocycles. The van der Waals surface area contributed by atoms with E-state index in [4.69, 9.17) is 0 Å². The molecule has 5 fully saturated rings. The number of hydrogen-bond acceptors (Lipinski definition) is 4. The van der Waals surface area contributed by atoms with Gasteiger partial charge in [0.1, 0.15) is 0 Å². The Morgan fingerprint density at radius 2 is 1.57 bits per heavy atom. The minimum Gasteiger partial charge on any atom is -0.469 e. The van der Waals surface area contributed by atoms with Gasteiger partial charge in [0.15, 0.2) is 0 Å². The van der Waals surface area contributed by atoms with Crippen molar-refractivity contribution in [3.8, 4) is 0 Å². The molecule has 168 valence electrons. The van der Waals surface area contributed by atoms with Crippen molar-refractivity contribution < 1.29 is 19.1 Å². The lowest BCUT2D eigenvalue weighted by Gasteiger charge is -2.56. The van der Waals surface area contributed by atoms with Crippen LogP contribution in [-0.2, 0) is 14.3 Å². The maximum atomic E-state index is 12.6. The number of esters is 1. The zero-order valence-corrected chi connectivity index (χ0v) is 18.3. The highest BCUT2D eigenvalue weighted by Gasteiger charge is 2.51. The Balaban J connectivity index is 1.13. The highest BCUT2D eigenvalue weighted by Crippen LogP contribution is 2.55. The summed E-state index contributed by atoms with van der Waals surface area (Å²) >= 11 is 0. The molecule has 7 heteroatoms. The SMILES string of the molecule is COC(=O)CCCC(=O)N1CCC(CNC(=O)NC23CC4CC(CC(C4)C2)C3)CC1. The van der Waals surface area contributed by atoms with Crippen LogP contribution in [0.25, 0.3) is 0 Å². The molecule has 0 aromatic heterocycles. The maximum absolute atomic E-state index is 12.6. The van der Waals surface area contributed by atoms with Crippen molar-refractivity contribution in [3.05, 3.63) is 0 Å². The van der Waals surface area contributed by atoms with E-state index in [0.29, 0.717) is 31.7 Å². The molecular formula is C23H37N3O4. The fraction of sp³-hybridized carbons (Fsp3) is 0.870. The zero-order valence-electron chi connectivity index (χ0n) is 18.3. The van der Waals surface area contributed by atoms with Gasteiger partial charge in [-0.1, -0.05) is 0 Å². The first kappa shape index (κ1) is 21.4. The van der Waals surface area contributed by atoms with Gasteiger partial charge in [0.25, 0.3) is 0 Å². The Hall–Kier alpha value is -1.79. The summed E-state index contributed by atoms with van der Waals surface area (Å²) in [6.45, 7) is 2.16. The van der Waals surface area contributed by atoms with Gasteiger partial charge in [-0.15, -0.1) is 0 Å². The van der Waals surface area contributed by atoms with Crippen LogP contribution < -0.4 is 10.6 Å². The van der Waals surface area contributed by atoms with Crippen LogP contribution in [0.3, 0.4) is 0 Å². The second-order valence-corrected chi connectivity index (χ2v) is 10.3. The molecule has 4 aliphatic carbocycles. The van der Waals surface area contributed by atoms with Crippen LogP contribution >= 0.6 is 0 Å². The Morgan fingerprint density at radius 3 is 2.13 bits per heavy atom. The lowest BCUT2D eigenvalue weighted by molar-refractivity contribution is -0.141. The number of ether oxygens (including phenoxy) is 1. The lowest BCUT2D eigenvalue weighted by atomic mass is 9.53. The molecule has 30 heavy (non-hydrogen) atoms. The summed E-state index contributed by atoms with van der Waals surface area (Å²) in [6, 6.07) is -0.00161. The maximum Gasteiger partial charge on any atom is 0.315 e. The molecule has 0 atom stereocenters. The van der Waals surface area contributed by atoms with Crippen LogP contribution in [0.2, 0.25) is 0 Å². The van der Waals surface area contributed by atoms with Crippen molar-refractivity contribution in [2.24, 2.45) is 23.7 Å². The quantitative estimate of drug-likeness (QED) is 0.621. The van der Waals surface area contributed by atoms with Gasteiger partial charge in [-0.05, 0) is 81.5 Å². The standard InChI is InChI=1S/C23H37N3O4/c1-30-21(28)4-2-3-20(27)26-7-5-16(6-8-26)15-24-22(29)25-23-12-17-9-18(13-23)11-19(10-17)14-23/h16-19H,2-15H2,1H3,(H2,24,25,29). The number of carbonyl (C=O) groups is 3. The minimum absolute atomic E-state index is 0.00161. The molecule has 5 aliphatic rings. The summed E-state index contributed by atoms with van der Waals surface area (Å²) < 4.78 is 4.61. The van der Waals surface area contributed by atoms with E-state index in [-0.39, 0.29) is 23.4 Å². The number of likely N-dealkylation sites (tertiary alicyclic amines) is 1. The topological polar surface area (TPSA) is 87.7 Å². The number of carbonyl (C=O) groups excluding carboxylic acids is 3. The first-order chi connectivity index (χ1) is 14.4. The second-order valence-electron chi connectivity index (χ2n) is 10.3. The third-order valence-electron chi connectivity index (χ3n) is 7.93. The Bertz CT molecular complexity index is 622. The molecule has 2 N–H and O–H groups in total. The zero-order chi connectivity index (χ0) is 21.1. The fourth-order valence-electron chi connectivity index (χ4n) is 6.82. The van der Waals surface area contributed by atoms with Gasteiger partial charge in [-0.3, -0.25) is 9.59 Å². The monoisotopic (exact) mass is 419 g/mol. The van der Waals surface area contributed by atoms with E-state index >= 15 is 0 Å². The van der Waals surface area contributed by atoms with Gasteiger partial charge in [0, 0.05) is 38.0 Å². The highest BCUT2D eigenvalue weighted by molar-refractivity contribution is 5.77. The van der Waals surface area contributed by atoms with Gasteiger partial charge in [-0.2, -0.15) is 0 Å². The van der Waals surface area contributed by atoms with E-state index in [0.717, 1.165) is 43.7 Å². The van der Waals surface area contributed by atoms with E-state index in [9.17, 15) is 14.4 Å². The van der Waals surface area contributed by atoms with E-state index in [1.807, 2.05) is 4.90 Å². The summed E-state index contributed by atoms with van der Waals surface area (Å²) in [6.07, 6.45) is 10.7. The van der Waals surface area contributed by atoms with Crippen LogP contribution in [-0.4, -0.2) is 55.1 Å². The van der Waals surface area contributed by atoms with Crippen molar-refractivity contribution in [3.63, 3.8) is 0 Å². The normalized spacial score (nSPS) is 32.7. The number of methoxy groups -OCH3 is 1. The van der Waals surface area contributed by atoms with Gasteiger partial charge >= 0.3 is 12.0 Å². The molecule has 0 aromatic carbocycles. The predicted molar refractivity (Wildman–Crippen MR) is 113 cm³/mol. The third-order valence-corrected chi connectivity index (χ3v) is 7.93. The second kappa shape index (κ2) is 9.15. The molecule has 1 heterocycles. The Morgan fingerprint density at radius 1 is 0.967 bits per heavy atom. The average Bonchev–Trinajstić information content (AvgIpc) is 2.71. The van der Waals surface area contributed by atoms with Gasteiger partial charge in [-0.25, -0.2) is 4.79 Å². The molecule has 7 nitrogen and oxygen atoms in total. The van der Waals surface area contributed by atoms with E-state index in [1.54, 1.807) is 0 Å². The van der Waals surface area contributed by atoms with Crippen LogP contribution in [0, 0.1) is 23.7 Å². The fourth-order valence-corrected chi connectivity index (χ4v) is 6.82. The smallest absolute Gasteiger partial charge is 0.315 e. The lowest BCUT2D eigenvalue weighted by Crippen LogP contribution is -2.61. The van der Waals surface area contributed by atoms with Gasteiger partial charge < -0.3 is 20.3 Å². The van der Waals surface area contributed by atoms with Gasteiger partial charge in [0.05, 0.1) is 7.11 Å². The number of nitrogens with zero attached hydrogens (tertiary/aromatic N) is 1. The van der Waals surface area contributed by atoms with E-state index < -0.39 is 0 Å². The average molecular weight is 420 g/mol. The molecule has 1 saturated heterocycles. The highest BCUT2D eigenvalue weighted by atomic mass is 16.5. The molecule has 0 unspecified atom stereocenters. The van der Waals surface area contributed by atoms with Crippen LogP contribution in [0.5, 0.6) is 0 Å². The summed E-state index contributed by atoms with van der Waals surface area (Å²) in [5, 5.41) is 6.50. The van der Waals surface area contributed by atoms with Crippen molar-refractivity contribution in [2.45, 2.75) is 76.2 Å². The molecule has 4 saturated carbocycles. The molecule has 0 spiro atoms. The van der Waals surface area contributed by atoms with Crippen molar-refractivity contribution in [1.29, 1.82) is 0 Å². The predicted octanol–water partition coefficient (Wildman–Crippen LogP) is 2.84. The Kier molecular flexibility index (Phi) is 6.54. The summed E-state index contributed by atoms with van der Waals surface area (Å²) in [5.41, 5.74) is 0.0544. The Labute approximate surface area is 179 Å². The molecule has 0 radical (unpaired) electrons. The van der Waals surface area contributed by atoms with Gasteiger partial charge in [0.2, 0.25) is 5.91 Å². The first-order valence-electron chi connectivity index (χ1n) is 11.9. The first-order valence-corrected chi connectivity index (χ1v) is 11.9. The summed E-state index contributed by atoms with van der Waals surface area (Å²) in [4.78, 5) is 38.0. The number of hydrogen-bond donors (Lipinski definition) is 2. The number of piperidine rings is 1. The molecular weight excluding hydrogens is 382 g/mol. The van der Waals surface area contributed by atoms with Crippen molar-refractivity contribution >= 4 is 17.9 Å². The number of rotatable bonds is 7. The van der Waals surface area contributed by atoms with E-state index in [2.05, 4.69) is 15.4 Å². The largest absolute Gasteiger partial charge is 0.469 e. The van der Waals surface area contributed by atoms with E-state index in [1.165, 1.54) is 45.6 Å². The number of urea groups is 1. The molecule has 4 bridgehead atoms. The van der Waals surface area contributed by atoms with Crippen LogP contribution in [0.1, 0.15) is 70.6 Å². The number of nitrogens with one attached hydrogen (secondary N) is 2. The summed E-state index contributed by atoms with van der Waals surface area (Å²) in [7, 11) is 1.37. The molecule has 0 aromatic rings. The van der Waals surface area contributed by atoms with Crippen LogP contribution in [0.15, 0.2) is 0 Å². The molecule has 5 rings (SSSR count). The number of amides is 3. The van der Waals surface area contributed by atoms with Crippen LogP contribution in [0.4, 0.5) is 4.79 Å². The minimum atomic E-state index is -0.264. The van der Waals surface area contributed by atoms with Crippen molar-refractivity contribution in [2.75, 3.05) is 26.7 Å². The third kappa shape index (κ3) is 5.09.